The molecule has 16 heteroatoms. The maximum Gasteiger partial charge on any atom is 0.308 e. The summed E-state index contributed by atoms with van der Waals surface area (Å²) >= 11 is 0. The quantitative estimate of drug-likeness (QED) is 0.130. The number of hydrogen-bond donors (Lipinski definition) is 7. The van der Waals surface area contributed by atoms with Gasteiger partial charge in [0.25, 0.3) is 0 Å². The van der Waals surface area contributed by atoms with Crippen molar-refractivity contribution in [3.63, 3.8) is 0 Å². The molecular formula is C23H32O16. The van der Waals surface area contributed by atoms with Crippen molar-refractivity contribution in [1.29, 1.82) is 0 Å². The first-order chi connectivity index (χ1) is 18.2. The Bertz CT molecular complexity index is 1070. The summed E-state index contributed by atoms with van der Waals surface area (Å²) in [6.07, 6.45) is -12.2. The summed E-state index contributed by atoms with van der Waals surface area (Å²) in [4.78, 5) is 35.4. The number of aliphatic hydroxyl groups is 6. The molecule has 0 saturated carbocycles. The fraction of sp³-hybridized carbons (Fsp3) is 0.696. The van der Waals surface area contributed by atoms with E-state index in [0.29, 0.717) is 0 Å². The molecule has 0 aliphatic carbocycles. The lowest BCUT2D eigenvalue weighted by Crippen LogP contribution is -2.62. The van der Waals surface area contributed by atoms with Gasteiger partial charge in [-0.1, -0.05) is 0 Å². The van der Waals surface area contributed by atoms with Gasteiger partial charge in [0.15, 0.2) is 12.4 Å². The molecule has 1 aromatic heterocycles. The number of aliphatic hydroxyl groups excluding tert-OH is 4. The fourth-order valence-corrected chi connectivity index (χ4v) is 4.03. The third-order valence-electron chi connectivity index (χ3n) is 6.22. The van der Waals surface area contributed by atoms with Crippen LogP contribution < -0.4 is 10.2 Å². The molecule has 0 aromatic carbocycles. The Labute approximate surface area is 220 Å². The van der Waals surface area contributed by atoms with E-state index in [4.69, 9.17) is 33.2 Å². The van der Waals surface area contributed by atoms with Crippen molar-refractivity contribution in [1.82, 2.24) is 0 Å². The van der Waals surface area contributed by atoms with Crippen molar-refractivity contribution in [2.24, 2.45) is 0 Å². The highest BCUT2D eigenvalue weighted by molar-refractivity contribution is 5.73. The molecular weight excluding hydrogens is 532 g/mol. The maximum absolute atomic E-state index is 12.3. The number of carbonyl (C=O) groups is 2. The van der Waals surface area contributed by atoms with Gasteiger partial charge >= 0.3 is 11.9 Å². The first-order valence-electron chi connectivity index (χ1n) is 11.8. The van der Waals surface area contributed by atoms with Crippen LogP contribution in [0.25, 0.3) is 0 Å². The molecule has 0 spiro atoms. The van der Waals surface area contributed by atoms with Gasteiger partial charge in [-0.25, -0.2) is 0 Å². The van der Waals surface area contributed by atoms with Gasteiger partial charge in [0.05, 0.1) is 37.9 Å². The normalized spacial score (nSPS) is 34.3. The summed E-state index contributed by atoms with van der Waals surface area (Å²) in [5.41, 5.74) is -4.64. The van der Waals surface area contributed by atoms with Crippen molar-refractivity contribution in [3.05, 3.63) is 28.3 Å². The van der Waals surface area contributed by atoms with Crippen LogP contribution in [-0.4, -0.2) is 122 Å². The molecule has 220 valence electrons. The third-order valence-corrected chi connectivity index (χ3v) is 6.22. The van der Waals surface area contributed by atoms with E-state index in [1.807, 2.05) is 0 Å². The number of carboxylic acid groups (broad SMARTS) is 1. The zero-order valence-electron chi connectivity index (χ0n) is 21.0. The standard InChI is InChI=1S/C23H32O16/c1-10-17(11(25)3-4-34-10)38-20-18(39-21-19(31)23(33,8-24)9-36-21)16(30)15(29)12(37-20)7-35-14(28)6-22(2,32)5-13(26)27/h3-4,12,15-16,18-21,24,29-33H,5-9H2,1-2H3,(H,26,27). The van der Waals surface area contributed by atoms with Gasteiger partial charge in [-0.3, -0.25) is 14.4 Å². The van der Waals surface area contributed by atoms with Gasteiger partial charge in [-0.2, -0.15) is 0 Å². The number of hydrogen-bond acceptors (Lipinski definition) is 15. The monoisotopic (exact) mass is 564 g/mol. The van der Waals surface area contributed by atoms with E-state index in [9.17, 15) is 45.0 Å². The summed E-state index contributed by atoms with van der Waals surface area (Å²) in [5.74, 6) is -2.71. The van der Waals surface area contributed by atoms with Gasteiger partial charge < -0.3 is 63.8 Å². The molecule has 0 amide bonds. The first kappa shape index (κ1) is 30.9. The largest absolute Gasteiger partial charge is 0.481 e. The summed E-state index contributed by atoms with van der Waals surface area (Å²) in [6.45, 7) is 0.418. The molecule has 2 fully saturated rings. The van der Waals surface area contributed by atoms with Crippen molar-refractivity contribution in [2.75, 3.05) is 19.8 Å². The highest BCUT2D eigenvalue weighted by Crippen LogP contribution is 2.32. The molecule has 2 aliphatic heterocycles. The molecule has 0 radical (unpaired) electrons. The Morgan fingerprint density at radius 3 is 2.46 bits per heavy atom. The zero-order chi connectivity index (χ0) is 29.1. The van der Waals surface area contributed by atoms with Crippen LogP contribution in [0.1, 0.15) is 25.5 Å². The maximum atomic E-state index is 12.3. The SMILES string of the molecule is Cc1occc(=O)c1OC1OC(COC(=O)CC(C)(O)CC(=O)O)C(O)C(O)C1OC1OCC(O)(CO)C1O. The minimum absolute atomic E-state index is 0.0147. The van der Waals surface area contributed by atoms with E-state index >= 15 is 0 Å². The van der Waals surface area contributed by atoms with E-state index in [-0.39, 0.29) is 11.5 Å². The second kappa shape index (κ2) is 12.2. The van der Waals surface area contributed by atoms with Crippen molar-refractivity contribution in [2.45, 2.75) is 81.0 Å². The lowest BCUT2D eigenvalue weighted by atomic mass is 9.97. The van der Waals surface area contributed by atoms with Crippen molar-refractivity contribution in [3.8, 4) is 5.75 Å². The smallest absolute Gasteiger partial charge is 0.308 e. The lowest BCUT2D eigenvalue weighted by molar-refractivity contribution is -0.319. The molecule has 0 bridgehead atoms. The van der Waals surface area contributed by atoms with Crippen LogP contribution in [-0.2, 0) is 28.5 Å². The van der Waals surface area contributed by atoms with Gasteiger partial charge in [0.2, 0.25) is 17.5 Å². The number of esters is 1. The first-order valence-corrected chi connectivity index (χ1v) is 11.8. The van der Waals surface area contributed by atoms with Gasteiger partial charge in [-0.15, -0.1) is 0 Å². The van der Waals surface area contributed by atoms with Crippen LogP contribution in [0.2, 0.25) is 0 Å². The number of carbonyl (C=O) groups excluding carboxylic acids is 1. The average molecular weight is 564 g/mol. The van der Waals surface area contributed by atoms with Gasteiger partial charge in [0.1, 0.15) is 42.4 Å². The molecule has 1 aromatic rings. The summed E-state index contributed by atoms with van der Waals surface area (Å²) in [5, 5.41) is 70.3. The molecule has 3 heterocycles. The predicted molar refractivity (Wildman–Crippen MR) is 122 cm³/mol. The lowest BCUT2D eigenvalue weighted by Gasteiger charge is -2.42. The molecule has 9 unspecified atom stereocenters. The Morgan fingerprint density at radius 1 is 1.18 bits per heavy atom. The predicted octanol–water partition coefficient (Wildman–Crippen LogP) is -3.24. The average Bonchev–Trinajstić information content (AvgIpc) is 3.12. The van der Waals surface area contributed by atoms with Crippen LogP contribution >= 0.6 is 0 Å². The van der Waals surface area contributed by atoms with E-state index in [1.54, 1.807) is 0 Å². The Balaban J connectivity index is 1.78. The Morgan fingerprint density at radius 2 is 1.87 bits per heavy atom. The Hall–Kier alpha value is -2.67. The number of rotatable bonds is 11. The number of carboxylic acids is 1. The zero-order valence-corrected chi connectivity index (χ0v) is 21.0. The summed E-state index contributed by atoms with van der Waals surface area (Å²) in [7, 11) is 0. The van der Waals surface area contributed by atoms with Crippen LogP contribution in [0.4, 0.5) is 0 Å². The second-order valence-electron chi connectivity index (χ2n) is 9.73. The van der Waals surface area contributed by atoms with Crippen LogP contribution in [0.3, 0.4) is 0 Å². The molecule has 9 atom stereocenters. The molecule has 2 saturated heterocycles. The minimum atomic E-state index is -2.07. The topological polar surface area (TPSA) is 252 Å². The van der Waals surface area contributed by atoms with Crippen LogP contribution in [0.5, 0.6) is 5.75 Å². The van der Waals surface area contributed by atoms with E-state index < -0.39 is 104 Å². The molecule has 39 heavy (non-hydrogen) atoms. The second-order valence-corrected chi connectivity index (χ2v) is 9.73. The minimum Gasteiger partial charge on any atom is -0.481 e. The third kappa shape index (κ3) is 7.30. The molecule has 3 rings (SSSR count). The fourth-order valence-electron chi connectivity index (χ4n) is 4.03. The van der Waals surface area contributed by atoms with Crippen molar-refractivity contribution >= 4 is 11.9 Å². The van der Waals surface area contributed by atoms with E-state index in [2.05, 4.69) is 0 Å². The van der Waals surface area contributed by atoms with Gasteiger partial charge in [0, 0.05) is 6.07 Å². The molecule has 2 aliphatic rings. The number of ether oxygens (including phenoxy) is 5. The van der Waals surface area contributed by atoms with Gasteiger partial charge in [-0.05, 0) is 13.8 Å². The summed E-state index contributed by atoms with van der Waals surface area (Å²) in [6, 6.07) is 1.04. The molecule has 16 nitrogen and oxygen atoms in total. The Kier molecular flexibility index (Phi) is 9.69. The molecule has 7 N–H and O–H groups in total. The van der Waals surface area contributed by atoms with Crippen molar-refractivity contribution < 1.29 is 73.4 Å². The summed E-state index contributed by atoms with van der Waals surface area (Å²) < 4.78 is 32.1. The highest BCUT2D eigenvalue weighted by atomic mass is 16.8. The van der Waals surface area contributed by atoms with E-state index in [1.165, 1.54) is 6.92 Å². The number of aryl methyl sites for hydroxylation is 1. The highest BCUT2D eigenvalue weighted by Gasteiger charge is 2.54. The van der Waals surface area contributed by atoms with Crippen LogP contribution in [0.15, 0.2) is 21.5 Å². The van der Waals surface area contributed by atoms with E-state index in [0.717, 1.165) is 19.3 Å². The van der Waals surface area contributed by atoms with Crippen LogP contribution in [0, 0.1) is 6.92 Å². The number of aliphatic carboxylic acids is 1.